The minimum atomic E-state index is -6.05. The van der Waals surface area contributed by atoms with Gasteiger partial charge in [-0.05, 0) is 0 Å². The molecule has 0 aliphatic carbocycles. The van der Waals surface area contributed by atoms with Gasteiger partial charge in [0.1, 0.15) is 0 Å². The van der Waals surface area contributed by atoms with Gasteiger partial charge in [-0.1, -0.05) is 4.57 Å². The second kappa shape index (κ2) is 5.07. The Morgan fingerprint density at radius 2 is 1.44 bits per heavy atom. The summed E-state index contributed by atoms with van der Waals surface area (Å²) in [6.07, 6.45) is -11.8. The number of alkyl halides is 5. The van der Waals surface area contributed by atoms with Crippen molar-refractivity contribution in [2.24, 2.45) is 0 Å². The van der Waals surface area contributed by atoms with Gasteiger partial charge in [0.2, 0.25) is 0 Å². The van der Waals surface area contributed by atoms with E-state index in [2.05, 4.69) is 0 Å². The number of allylic oxidation sites excluding steroid dienone is 1. The molecular formula is C6H4F8OP+. The predicted molar refractivity (Wildman–Crippen MR) is 38.4 cm³/mol. The number of hydrogen-bond donors (Lipinski definition) is 0. The summed E-state index contributed by atoms with van der Waals surface area (Å²) in [4.78, 5) is 0. The van der Waals surface area contributed by atoms with Crippen molar-refractivity contribution in [1.82, 2.24) is 0 Å². The lowest BCUT2D eigenvalue weighted by Gasteiger charge is -2.08. The summed E-state index contributed by atoms with van der Waals surface area (Å²) in [5.74, 6) is -2.15. The third-order valence-corrected chi connectivity index (χ3v) is 2.90. The van der Waals surface area contributed by atoms with Gasteiger partial charge in [0.15, 0.2) is 12.0 Å². The maximum atomic E-state index is 12.2. The Kier molecular flexibility index (Phi) is 4.85. The van der Waals surface area contributed by atoms with Crippen LogP contribution >= 0.6 is 7.80 Å². The zero-order valence-corrected chi connectivity index (χ0v) is 8.19. The van der Waals surface area contributed by atoms with Crippen molar-refractivity contribution in [1.29, 1.82) is 0 Å². The van der Waals surface area contributed by atoms with Crippen molar-refractivity contribution < 1.29 is 39.7 Å². The quantitative estimate of drug-likeness (QED) is 0.547. The Hall–Kier alpha value is -0.720. The lowest BCUT2D eigenvalue weighted by atomic mass is 10.4. The van der Waals surface area contributed by atoms with Crippen molar-refractivity contribution in [3.63, 3.8) is 0 Å². The Bertz CT molecular complexity index is 302. The average Bonchev–Trinajstić information content (AvgIpc) is 2.11. The SMILES string of the molecule is O=[P+](CCC(F)=C(F)F)C(F)(F)C(F)(F)F. The van der Waals surface area contributed by atoms with E-state index in [4.69, 9.17) is 0 Å². The monoisotopic (exact) mass is 275 g/mol. The van der Waals surface area contributed by atoms with Gasteiger partial charge in [0.25, 0.3) is 0 Å². The molecule has 0 fully saturated rings. The minimum Gasteiger partial charge on any atom is -0.206 e. The summed E-state index contributed by atoms with van der Waals surface area (Å²) in [6.45, 7) is 0. The van der Waals surface area contributed by atoms with Crippen LogP contribution < -0.4 is 0 Å². The van der Waals surface area contributed by atoms with Gasteiger partial charge >= 0.3 is 25.7 Å². The lowest BCUT2D eigenvalue weighted by molar-refractivity contribution is -0.241. The molecule has 0 rings (SSSR count). The van der Waals surface area contributed by atoms with E-state index in [1.54, 1.807) is 0 Å². The molecule has 1 atom stereocenters. The van der Waals surface area contributed by atoms with E-state index < -0.39 is 44.1 Å². The summed E-state index contributed by atoms with van der Waals surface area (Å²) >= 11 is 0. The molecule has 0 aromatic heterocycles. The van der Waals surface area contributed by atoms with E-state index in [0.29, 0.717) is 0 Å². The molecule has 1 unspecified atom stereocenters. The molecule has 0 heterocycles. The maximum Gasteiger partial charge on any atom is 0.539 e. The third-order valence-electron chi connectivity index (χ3n) is 1.39. The van der Waals surface area contributed by atoms with Crippen LogP contribution in [0.4, 0.5) is 35.1 Å². The van der Waals surface area contributed by atoms with Gasteiger partial charge in [0.05, 0.1) is 0 Å². The topological polar surface area (TPSA) is 17.1 Å². The van der Waals surface area contributed by atoms with Gasteiger partial charge in [-0.2, -0.15) is 22.0 Å². The number of halogens is 8. The zero-order chi connectivity index (χ0) is 13.1. The molecule has 0 saturated heterocycles. The molecule has 94 valence electrons. The van der Waals surface area contributed by atoms with E-state index in [1.807, 2.05) is 0 Å². The molecule has 0 bridgehead atoms. The van der Waals surface area contributed by atoms with Crippen LogP contribution in [0.1, 0.15) is 6.42 Å². The molecule has 0 aliphatic rings. The van der Waals surface area contributed by atoms with E-state index >= 15 is 0 Å². The van der Waals surface area contributed by atoms with Crippen LogP contribution in [0.2, 0.25) is 0 Å². The Labute approximate surface area is 84.9 Å². The van der Waals surface area contributed by atoms with Gasteiger partial charge in [-0.25, -0.2) is 4.39 Å². The molecule has 0 aromatic rings. The van der Waals surface area contributed by atoms with Crippen LogP contribution in [0.15, 0.2) is 11.9 Å². The first kappa shape index (κ1) is 15.3. The molecule has 10 heteroatoms. The second-order valence-corrected chi connectivity index (χ2v) is 4.32. The summed E-state index contributed by atoms with van der Waals surface area (Å²) in [5.41, 5.74) is -5.50. The van der Waals surface area contributed by atoms with Gasteiger partial charge in [-0.15, -0.1) is 8.78 Å². The van der Waals surface area contributed by atoms with E-state index in [-0.39, 0.29) is 0 Å². The molecule has 0 spiro atoms. The normalized spacial score (nSPS) is 13.6. The highest BCUT2D eigenvalue weighted by atomic mass is 31.1. The molecule has 0 amide bonds. The molecule has 0 aliphatic heterocycles. The molecule has 16 heavy (non-hydrogen) atoms. The first-order chi connectivity index (χ1) is 7.00. The largest absolute Gasteiger partial charge is 0.539 e. The lowest BCUT2D eigenvalue weighted by Crippen LogP contribution is -2.33. The van der Waals surface area contributed by atoms with Crippen molar-refractivity contribution >= 4 is 7.80 Å². The van der Waals surface area contributed by atoms with Gasteiger partial charge < -0.3 is 0 Å². The van der Waals surface area contributed by atoms with E-state index in [1.165, 1.54) is 0 Å². The smallest absolute Gasteiger partial charge is 0.206 e. The third kappa shape index (κ3) is 3.70. The molecule has 1 nitrogen and oxygen atoms in total. The van der Waals surface area contributed by atoms with Crippen molar-refractivity contribution in [2.75, 3.05) is 6.16 Å². The van der Waals surface area contributed by atoms with Gasteiger partial charge in [0, 0.05) is 6.42 Å². The first-order valence-electron chi connectivity index (χ1n) is 3.59. The minimum absolute atomic E-state index is 1.43. The highest BCUT2D eigenvalue weighted by Gasteiger charge is 2.72. The van der Waals surface area contributed by atoms with Crippen LogP contribution in [0.25, 0.3) is 0 Å². The molecule has 0 radical (unpaired) electrons. The summed E-state index contributed by atoms with van der Waals surface area (Å²) in [7, 11) is -4.18. The summed E-state index contributed by atoms with van der Waals surface area (Å²) in [6, 6.07) is 0. The van der Waals surface area contributed by atoms with Crippen LogP contribution in [-0.2, 0) is 4.57 Å². The highest BCUT2D eigenvalue weighted by Crippen LogP contribution is 2.53. The molecule has 0 aromatic carbocycles. The first-order valence-corrected chi connectivity index (χ1v) is 5.03. The van der Waals surface area contributed by atoms with E-state index in [9.17, 15) is 39.7 Å². The summed E-state index contributed by atoms with van der Waals surface area (Å²) < 4.78 is 105. The van der Waals surface area contributed by atoms with Crippen molar-refractivity contribution in [2.45, 2.75) is 18.3 Å². The Morgan fingerprint density at radius 1 is 1.00 bits per heavy atom. The van der Waals surface area contributed by atoms with Crippen LogP contribution in [0, 0.1) is 0 Å². The number of hydrogen-bond acceptors (Lipinski definition) is 1. The fraction of sp³-hybridized carbons (Fsp3) is 0.667. The Balaban J connectivity index is 4.56. The maximum absolute atomic E-state index is 12.2. The molecular weight excluding hydrogens is 271 g/mol. The second-order valence-electron chi connectivity index (χ2n) is 2.56. The molecule has 0 N–H and O–H groups in total. The summed E-state index contributed by atoms with van der Waals surface area (Å²) in [5, 5.41) is 0. The van der Waals surface area contributed by atoms with Crippen LogP contribution in [-0.4, -0.2) is 18.0 Å². The van der Waals surface area contributed by atoms with Crippen molar-refractivity contribution in [3.8, 4) is 0 Å². The highest BCUT2D eigenvalue weighted by molar-refractivity contribution is 7.46. The standard InChI is InChI=1S/C6H4F8OP/c7-3(4(8)9)1-2-16(15)6(13,14)5(10,11)12/h1-2H2/q+1. The van der Waals surface area contributed by atoms with E-state index in [0.717, 1.165) is 0 Å². The fourth-order valence-corrected chi connectivity index (χ4v) is 1.54. The van der Waals surface area contributed by atoms with Gasteiger partial charge in [-0.3, -0.25) is 0 Å². The number of rotatable bonds is 4. The molecule has 0 saturated carbocycles. The Morgan fingerprint density at radius 3 is 1.75 bits per heavy atom. The van der Waals surface area contributed by atoms with Crippen LogP contribution in [0.5, 0.6) is 0 Å². The van der Waals surface area contributed by atoms with Crippen molar-refractivity contribution in [3.05, 3.63) is 11.9 Å². The van der Waals surface area contributed by atoms with Crippen LogP contribution in [0.3, 0.4) is 0 Å². The predicted octanol–water partition coefficient (Wildman–Crippen LogP) is 4.44. The average molecular weight is 275 g/mol. The zero-order valence-electron chi connectivity index (χ0n) is 7.29. The fourth-order valence-electron chi connectivity index (χ4n) is 0.576.